The van der Waals surface area contributed by atoms with Gasteiger partial charge >= 0.3 is 0 Å². The first-order chi connectivity index (χ1) is 9.25. The summed E-state index contributed by atoms with van der Waals surface area (Å²) in [4.78, 5) is 0. The number of thiophene rings is 1. The van der Waals surface area contributed by atoms with Crippen molar-refractivity contribution in [3.8, 4) is 0 Å². The Morgan fingerprint density at radius 2 is 1.95 bits per heavy atom. The molecule has 0 spiro atoms. The highest BCUT2D eigenvalue weighted by Crippen LogP contribution is 2.29. The van der Waals surface area contributed by atoms with Crippen LogP contribution in [0.25, 0.3) is 10.1 Å². The van der Waals surface area contributed by atoms with Crippen molar-refractivity contribution in [1.29, 1.82) is 0 Å². The number of halogens is 2. The Morgan fingerprint density at radius 1 is 1.11 bits per heavy atom. The zero-order chi connectivity index (χ0) is 13.2. The number of benzene rings is 2. The van der Waals surface area contributed by atoms with Crippen molar-refractivity contribution in [2.24, 2.45) is 0 Å². The molecule has 4 heteroatoms. The molecular weight excluding hydrogens is 281 g/mol. The van der Waals surface area contributed by atoms with Gasteiger partial charge in [-0.05, 0) is 34.5 Å². The zero-order valence-electron chi connectivity index (χ0n) is 9.99. The van der Waals surface area contributed by atoms with Crippen LogP contribution < -0.4 is 5.32 Å². The fourth-order valence-electron chi connectivity index (χ4n) is 2.02. The quantitative estimate of drug-likeness (QED) is 0.690. The topological polar surface area (TPSA) is 12.0 Å². The number of para-hydroxylation sites is 1. The molecule has 0 amide bonds. The third kappa shape index (κ3) is 2.44. The molecule has 2 aromatic carbocycles. The molecule has 19 heavy (non-hydrogen) atoms. The van der Waals surface area contributed by atoms with Gasteiger partial charge in [-0.2, -0.15) is 0 Å². The Morgan fingerprint density at radius 3 is 2.79 bits per heavy atom. The monoisotopic (exact) mass is 291 g/mol. The van der Waals surface area contributed by atoms with Gasteiger partial charge in [0.25, 0.3) is 0 Å². The van der Waals surface area contributed by atoms with Gasteiger partial charge in [-0.15, -0.1) is 11.3 Å². The molecular formula is C15H11ClFNS. The fraction of sp³-hybridized carbons (Fsp3) is 0.0667. The molecule has 0 aliphatic carbocycles. The summed E-state index contributed by atoms with van der Waals surface area (Å²) in [6, 6.07) is 12.9. The lowest BCUT2D eigenvalue weighted by molar-refractivity contribution is 0.630. The lowest BCUT2D eigenvalue weighted by Crippen LogP contribution is -2.01. The number of hydrogen-bond donors (Lipinski definition) is 1. The molecule has 0 bridgehead atoms. The van der Waals surface area contributed by atoms with Crippen LogP contribution in [0.3, 0.4) is 0 Å². The average Bonchev–Trinajstić information content (AvgIpc) is 2.82. The summed E-state index contributed by atoms with van der Waals surface area (Å²) in [5, 5.41) is 6.77. The zero-order valence-corrected chi connectivity index (χ0v) is 11.6. The Labute approximate surface area is 119 Å². The van der Waals surface area contributed by atoms with Crippen LogP contribution in [0.1, 0.15) is 5.56 Å². The van der Waals surface area contributed by atoms with Crippen LogP contribution >= 0.6 is 22.9 Å². The van der Waals surface area contributed by atoms with Gasteiger partial charge in [0.1, 0.15) is 5.82 Å². The van der Waals surface area contributed by atoms with E-state index in [-0.39, 0.29) is 5.82 Å². The SMILES string of the molecule is Fc1cccc(Cl)c1NCc1csc2ccccc12. The third-order valence-electron chi connectivity index (χ3n) is 2.98. The third-order valence-corrected chi connectivity index (χ3v) is 4.31. The first-order valence-electron chi connectivity index (χ1n) is 5.88. The highest BCUT2D eigenvalue weighted by molar-refractivity contribution is 7.17. The molecule has 3 aromatic rings. The van der Waals surface area contributed by atoms with Crippen LogP contribution in [0.5, 0.6) is 0 Å². The normalized spacial score (nSPS) is 10.8. The minimum atomic E-state index is -0.327. The number of fused-ring (bicyclic) bond motifs is 1. The summed E-state index contributed by atoms with van der Waals surface area (Å²) < 4.78 is 14.9. The molecule has 96 valence electrons. The maximum absolute atomic E-state index is 13.6. The van der Waals surface area contributed by atoms with Crippen LogP contribution in [-0.2, 0) is 6.54 Å². The molecule has 0 atom stereocenters. The maximum atomic E-state index is 13.6. The van der Waals surface area contributed by atoms with Crippen LogP contribution in [0, 0.1) is 5.82 Å². The molecule has 0 aliphatic rings. The lowest BCUT2D eigenvalue weighted by atomic mass is 10.2. The smallest absolute Gasteiger partial charge is 0.147 e. The van der Waals surface area contributed by atoms with E-state index in [1.807, 2.05) is 12.1 Å². The van der Waals surface area contributed by atoms with E-state index in [0.29, 0.717) is 17.3 Å². The Hall–Kier alpha value is -1.58. The van der Waals surface area contributed by atoms with Gasteiger partial charge in [-0.3, -0.25) is 0 Å². The minimum Gasteiger partial charge on any atom is -0.377 e. The standard InChI is InChI=1S/C15H11ClFNS/c16-12-5-3-6-13(17)15(12)18-8-10-9-19-14-7-2-1-4-11(10)14/h1-7,9,18H,8H2. The highest BCUT2D eigenvalue weighted by atomic mass is 35.5. The van der Waals surface area contributed by atoms with E-state index in [4.69, 9.17) is 11.6 Å². The van der Waals surface area contributed by atoms with E-state index in [2.05, 4.69) is 22.8 Å². The molecule has 0 fully saturated rings. The van der Waals surface area contributed by atoms with Crippen LogP contribution in [0.2, 0.25) is 5.02 Å². The predicted octanol–water partition coefficient (Wildman–Crippen LogP) is 5.31. The van der Waals surface area contributed by atoms with Gasteiger partial charge in [-0.1, -0.05) is 35.9 Å². The molecule has 0 saturated carbocycles. The molecule has 1 nitrogen and oxygen atoms in total. The van der Waals surface area contributed by atoms with E-state index in [1.54, 1.807) is 23.5 Å². The van der Waals surface area contributed by atoms with E-state index in [1.165, 1.54) is 16.2 Å². The summed E-state index contributed by atoms with van der Waals surface area (Å²) in [6.45, 7) is 0.560. The number of rotatable bonds is 3. The maximum Gasteiger partial charge on any atom is 0.147 e. The van der Waals surface area contributed by atoms with Crippen molar-refractivity contribution in [3.05, 3.63) is 64.2 Å². The van der Waals surface area contributed by atoms with Crippen molar-refractivity contribution in [3.63, 3.8) is 0 Å². The Kier molecular flexibility index (Phi) is 3.40. The first-order valence-corrected chi connectivity index (χ1v) is 7.14. The Bertz CT molecular complexity index is 703. The van der Waals surface area contributed by atoms with Crippen LogP contribution in [0.4, 0.5) is 10.1 Å². The van der Waals surface area contributed by atoms with Crippen molar-refractivity contribution < 1.29 is 4.39 Å². The number of nitrogens with one attached hydrogen (secondary N) is 1. The largest absolute Gasteiger partial charge is 0.377 e. The second-order valence-corrected chi connectivity index (χ2v) is 5.53. The Balaban J connectivity index is 1.87. The molecule has 1 N–H and O–H groups in total. The number of anilines is 1. The van der Waals surface area contributed by atoms with Gasteiger partial charge in [0.2, 0.25) is 0 Å². The van der Waals surface area contributed by atoms with E-state index in [0.717, 1.165) is 5.56 Å². The summed E-state index contributed by atoms with van der Waals surface area (Å²) in [5.74, 6) is -0.327. The van der Waals surface area contributed by atoms with E-state index >= 15 is 0 Å². The second-order valence-electron chi connectivity index (χ2n) is 4.21. The first kappa shape index (κ1) is 12.5. The van der Waals surface area contributed by atoms with Gasteiger partial charge in [-0.25, -0.2) is 4.39 Å². The van der Waals surface area contributed by atoms with Crippen LogP contribution in [-0.4, -0.2) is 0 Å². The molecule has 1 aromatic heterocycles. The van der Waals surface area contributed by atoms with Crippen LogP contribution in [0.15, 0.2) is 47.8 Å². The second kappa shape index (κ2) is 5.19. The van der Waals surface area contributed by atoms with Gasteiger partial charge in [0.15, 0.2) is 0 Å². The summed E-state index contributed by atoms with van der Waals surface area (Å²) >= 11 is 7.68. The van der Waals surface area contributed by atoms with Gasteiger partial charge < -0.3 is 5.32 Å². The number of hydrogen-bond acceptors (Lipinski definition) is 2. The molecule has 0 saturated heterocycles. The van der Waals surface area contributed by atoms with Crippen molar-refractivity contribution in [1.82, 2.24) is 0 Å². The highest BCUT2D eigenvalue weighted by Gasteiger charge is 2.08. The lowest BCUT2D eigenvalue weighted by Gasteiger charge is -2.08. The van der Waals surface area contributed by atoms with Gasteiger partial charge in [0, 0.05) is 11.2 Å². The summed E-state index contributed by atoms with van der Waals surface area (Å²) in [5.41, 5.74) is 1.51. The predicted molar refractivity (Wildman–Crippen MR) is 80.6 cm³/mol. The van der Waals surface area contributed by atoms with Gasteiger partial charge in [0.05, 0.1) is 10.7 Å². The van der Waals surface area contributed by atoms with E-state index < -0.39 is 0 Å². The molecule has 0 aliphatic heterocycles. The fourth-order valence-corrected chi connectivity index (χ4v) is 3.21. The van der Waals surface area contributed by atoms with Crippen molar-refractivity contribution in [2.45, 2.75) is 6.54 Å². The molecule has 3 rings (SSSR count). The molecule has 0 unspecified atom stereocenters. The average molecular weight is 292 g/mol. The minimum absolute atomic E-state index is 0.327. The van der Waals surface area contributed by atoms with Crippen molar-refractivity contribution in [2.75, 3.05) is 5.32 Å². The van der Waals surface area contributed by atoms with Crippen molar-refractivity contribution >= 4 is 38.7 Å². The molecule has 0 radical (unpaired) electrons. The molecule has 1 heterocycles. The summed E-state index contributed by atoms with van der Waals surface area (Å²) in [7, 11) is 0. The summed E-state index contributed by atoms with van der Waals surface area (Å²) in [6.07, 6.45) is 0. The van der Waals surface area contributed by atoms with E-state index in [9.17, 15) is 4.39 Å².